The normalized spacial score (nSPS) is 11.2. The number of methoxy groups -OCH3 is 1. The molecule has 0 aliphatic heterocycles. The van der Waals surface area contributed by atoms with Crippen LogP contribution in [0.5, 0.6) is 0 Å². The van der Waals surface area contributed by atoms with Crippen molar-refractivity contribution in [1.82, 2.24) is 0 Å². The third-order valence-corrected chi connectivity index (χ3v) is 0.728. The van der Waals surface area contributed by atoms with Crippen molar-refractivity contribution in [3.8, 4) is 0 Å². The van der Waals surface area contributed by atoms with E-state index in [1.165, 1.54) is 0 Å². The minimum Gasteiger partial charge on any atom is -0.469 e. The lowest BCUT2D eigenvalue weighted by Crippen LogP contribution is -2.12. The molecule has 2 nitrogen and oxygen atoms in total. The van der Waals surface area contributed by atoms with E-state index in [-0.39, 0.29) is 6.42 Å². The summed E-state index contributed by atoms with van der Waals surface area (Å²) in [5.74, 6) is -0.891. The summed E-state index contributed by atoms with van der Waals surface area (Å²) in [5.41, 5.74) is 0. The zero-order valence-electron chi connectivity index (χ0n) is 5.23. The van der Waals surface area contributed by atoms with Crippen molar-refractivity contribution in [2.75, 3.05) is 7.11 Å². The minimum atomic E-state index is -4.39. The summed E-state index contributed by atoms with van der Waals surface area (Å²) in [5, 5.41) is 0. The first-order valence-corrected chi connectivity index (χ1v) is 2.43. The van der Waals surface area contributed by atoms with Gasteiger partial charge in [-0.3, -0.25) is 4.79 Å². The first kappa shape index (κ1) is 9.26. The highest BCUT2D eigenvalue weighted by atomic mass is 19.4. The van der Waals surface area contributed by atoms with Gasteiger partial charge in [0.1, 0.15) is 0 Å². The lowest BCUT2D eigenvalue weighted by molar-refractivity contribution is -0.143. The summed E-state index contributed by atoms with van der Waals surface area (Å²) in [7, 11) is 1.03. The minimum absolute atomic E-state index is 0.0567. The van der Waals surface area contributed by atoms with Crippen LogP contribution in [0.15, 0.2) is 0 Å². The number of halogens is 3. The predicted molar refractivity (Wildman–Crippen MR) is 27.0 cm³/mol. The van der Waals surface area contributed by atoms with E-state index < -0.39 is 18.6 Å². The van der Waals surface area contributed by atoms with Crippen LogP contribution < -0.4 is 0 Å². The van der Waals surface area contributed by atoms with Crippen molar-refractivity contribution in [3.63, 3.8) is 0 Å². The van der Waals surface area contributed by atoms with Gasteiger partial charge in [-0.05, 0) is 0 Å². The Bertz CT molecular complexity index is 119. The molecule has 0 atom stereocenters. The molecule has 0 saturated heterocycles. The molecule has 59 valence electrons. The number of ether oxygens (including phenoxy) is 1. The molecule has 0 saturated carbocycles. The Morgan fingerprint density at radius 1 is 1.60 bits per heavy atom. The van der Waals surface area contributed by atoms with Crippen LogP contribution in [0, 0.1) is 6.42 Å². The van der Waals surface area contributed by atoms with Crippen molar-refractivity contribution in [1.29, 1.82) is 0 Å². The Balaban J connectivity index is 3.46. The lowest BCUT2D eigenvalue weighted by Gasteiger charge is -2.02. The monoisotopic (exact) mass is 155 g/mol. The summed E-state index contributed by atoms with van der Waals surface area (Å²) in [6, 6.07) is 0. The van der Waals surface area contributed by atoms with Gasteiger partial charge in [-0.15, -0.1) is 0 Å². The number of hydrogen-bond donors (Lipinski definition) is 0. The predicted octanol–water partition coefficient (Wildman–Crippen LogP) is 1.32. The van der Waals surface area contributed by atoms with Gasteiger partial charge in [-0.25, -0.2) is 0 Å². The van der Waals surface area contributed by atoms with Crippen LogP contribution in [-0.4, -0.2) is 19.3 Å². The zero-order chi connectivity index (χ0) is 8.20. The van der Waals surface area contributed by atoms with Crippen LogP contribution in [0.25, 0.3) is 0 Å². The molecule has 0 aliphatic rings. The Morgan fingerprint density at radius 3 is 2.40 bits per heavy atom. The molecular weight excluding hydrogens is 149 g/mol. The quantitative estimate of drug-likeness (QED) is 0.562. The van der Waals surface area contributed by atoms with E-state index >= 15 is 0 Å². The van der Waals surface area contributed by atoms with Crippen LogP contribution >= 0.6 is 0 Å². The number of esters is 1. The summed E-state index contributed by atoms with van der Waals surface area (Å²) in [6.45, 7) is 0. The SMILES string of the molecule is COC(=O)C[CH]C(F)(F)F. The second kappa shape index (κ2) is 3.43. The second-order valence-electron chi connectivity index (χ2n) is 1.53. The Labute approximate surface area is 56.0 Å². The molecule has 0 aromatic carbocycles. The van der Waals surface area contributed by atoms with E-state index in [4.69, 9.17) is 0 Å². The van der Waals surface area contributed by atoms with Gasteiger partial charge in [0.15, 0.2) is 0 Å². The Kier molecular flexibility index (Phi) is 3.18. The fourth-order valence-corrected chi connectivity index (χ4v) is 0.282. The summed E-state index contributed by atoms with van der Waals surface area (Å²) in [6.07, 6.45) is -5.17. The maximum Gasteiger partial charge on any atom is 0.393 e. The molecule has 1 radical (unpaired) electrons. The van der Waals surface area contributed by atoms with E-state index in [9.17, 15) is 18.0 Å². The van der Waals surface area contributed by atoms with Gasteiger partial charge >= 0.3 is 12.1 Å². The average Bonchev–Trinajstić information content (AvgIpc) is 1.81. The van der Waals surface area contributed by atoms with E-state index in [0.717, 1.165) is 7.11 Å². The molecule has 0 bridgehead atoms. The number of carbonyl (C=O) groups excluding carboxylic acids is 1. The van der Waals surface area contributed by atoms with E-state index in [1.807, 2.05) is 0 Å². The second-order valence-corrected chi connectivity index (χ2v) is 1.53. The van der Waals surface area contributed by atoms with Gasteiger partial charge in [0.2, 0.25) is 0 Å². The standard InChI is InChI=1S/C5H6F3O2/c1-10-4(9)2-3-5(6,7)8/h3H,2H2,1H3. The molecule has 0 spiro atoms. The number of hydrogen-bond acceptors (Lipinski definition) is 2. The van der Waals surface area contributed by atoms with Crippen LogP contribution in [-0.2, 0) is 9.53 Å². The van der Waals surface area contributed by atoms with E-state index in [1.54, 1.807) is 0 Å². The van der Waals surface area contributed by atoms with Crippen LogP contribution in [0.1, 0.15) is 6.42 Å². The highest BCUT2D eigenvalue weighted by Gasteiger charge is 2.28. The molecule has 0 heterocycles. The molecule has 0 unspecified atom stereocenters. The van der Waals surface area contributed by atoms with Crippen molar-refractivity contribution >= 4 is 5.97 Å². The molecular formula is C5H6F3O2. The third kappa shape index (κ3) is 5.40. The van der Waals surface area contributed by atoms with E-state index in [2.05, 4.69) is 4.74 Å². The molecule has 0 fully saturated rings. The summed E-state index contributed by atoms with van der Waals surface area (Å²) < 4.78 is 37.8. The maximum absolute atomic E-state index is 11.3. The van der Waals surface area contributed by atoms with Gasteiger partial charge in [0.25, 0.3) is 0 Å². The summed E-state index contributed by atoms with van der Waals surface area (Å²) in [4.78, 5) is 10.1. The largest absolute Gasteiger partial charge is 0.469 e. The van der Waals surface area contributed by atoms with Gasteiger partial charge in [-0.2, -0.15) is 13.2 Å². The van der Waals surface area contributed by atoms with E-state index in [0.29, 0.717) is 0 Å². The Hall–Kier alpha value is -0.740. The maximum atomic E-state index is 11.3. The topological polar surface area (TPSA) is 26.3 Å². The van der Waals surface area contributed by atoms with Crippen LogP contribution in [0.2, 0.25) is 0 Å². The van der Waals surface area contributed by atoms with Gasteiger partial charge in [0, 0.05) is 0 Å². The van der Waals surface area contributed by atoms with Crippen LogP contribution in [0.4, 0.5) is 13.2 Å². The molecule has 0 aliphatic carbocycles. The molecule has 10 heavy (non-hydrogen) atoms. The summed E-state index contributed by atoms with van der Waals surface area (Å²) >= 11 is 0. The molecule has 0 rings (SSSR count). The Morgan fingerprint density at radius 2 is 2.10 bits per heavy atom. The zero-order valence-corrected chi connectivity index (χ0v) is 5.23. The lowest BCUT2D eigenvalue weighted by atomic mass is 10.3. The molecule has 0 amide bonds. The van der Waals surface area contributed by atoms with Crippen LogP contribution in [0.3, 0.4) is 0 Å². The van der Waals surface area contributed by atoms with Gasteiger partial charge in [-0.1, -0.05) is 0 Å². The van der Waals surface area contributed by atoms with Crippen molar-refractivity contribution in [3.05, 3.63) is 6.42 Å². The first-order valence-electron chi connectivity index (χ1n) is 2.43. The van der Waals surface area contributed by atoms with Crippen molar-refractivity contribution in [2.45, 2.75) is 12.6 Å². The highest BCUT2D eigenvalue weighted by Crippen LogP contribution is 2.19. The number of carbonyl (C=O) groups is 1. The fraction of sp³-hybridized carbons (Fsp3) is 0.600. The fourth-order valence-electron chi connectivity index (χ4n) is 0.282. The smallest absolute Gasteiger partial charge is 0.393 e. The molecule has 5 heteroatoms. The number of alkyl halides is 3. The number of rotatable bonds is 2. The molecule has 0 N–H and O–H groups in total. The van der Waals surface area contributed by atoms with Gasteiger partial charge < -0.3 is 4.74 Å². The van der Waals surface area contributed by atoms with Crippen molar-refractivity contribution in [2.24, 2.45) is 0 Å². The highest BCUT2D eigenvalue weighted by molar-refractivity contribution is 5.70. The van der Waals surface area contributed by atoms with Crippen molar-refractivity contribution < 1.29 is 22.7 Å². The third-order valence-electron chi connectivity index (χ3n) is 0.728. The first-order chi connectivity index (χ1) is 4.45. The molecule has 0 aromatic heterocycles. The van der Waals surface area contributed by atoms with Gasteiger partial charge in [0.05, 0.1) is 20.0 Å². The molecule has 0 aromatic rings. The average molecular weight is 155 g/mol.